The van der Waals surface area contributed by atoms with Gasteiger partial charge in [0.15, 0.2) is 0 Å². The topological polar surface area (TPSA) is 144 Å². The molecule has 3 aromatic carbocycles. The summed E-state index contributed by atoms with van der Waals surface area (Å²) in [7, 11) is 2.04. The van der Waals surface area contributed by atoms with Gasteiger partial charge in [0.05, 0.1) is 24.2 Å². The van der Waals surface area contributed by atoms with Gasteiger partial charge in [-0.2, -0.15) is 0 Å². The average Bonchev–Trinajstić information content (AvgIpc) is 3.68. The average molecular weight is 762 g/mol. The fourth-order valence-corrected chi connectivity index (χ4v) is 8.86. The zero-order valence-corrected chi connectivity index (χ0v) is 31.2. The molecule has 1 atom stereocenters. The normalized spacial score (nSPS) is 22.1. The van der Waals surface area contributed by atoms with Crippen LogP contribution >= 0.6 is 11.6 Å². The SMILES string of the molecule is [C-]#[N+]c1ccc(N(C)C2CCC(NC(=O)c3ccc4c(c3)CCN(C(=O)CN3Cc5cc6c(cc5C3)C(=O)N(C3CCC(=O)NC3=O)C6=O)C4)CC2)cc1Cl. The van der Waals surface area contributed by atoms with Crippen LogP contribution < -0.4 is 15.5 Å². The number of piperidine rings is 1. The lowest BCUT2D eigenvalue weighted by Gasteiger charge is -2.36. The van der Waals surface area contributed by atoms with Crippen LogP contribution in [0.15, 0.2) is 48.5 Å². The molecule has 55 heavy (non-hydrogen) atoms. The number of hydrogen-bond donors (Lipinski definition) is 2. The van der Waals surface area contributed by atoms with E-state index in [2.05, 4.69) is 20.4 Å². The highest BCUT2D eigenvalue weighted by molar-refractivity contribution is 6.33. The maximum absolute atomic E-state index is 13.5. The number of fused-ring (bicyclic) bond motifs is 3. The maximum Gasteiger partial charge on any atom is 0.262 e. The third-order valence-corrected chi connectivity index (χ3v) is 12.1. The van der Waals surface area contributed by atoms with Crippen LogP contribution in [-0.4, -0.2) is 88.4 Å². The summed E-state index contributed by atoms with van der Waals surface area (Å²) in [6.45, 7) is 9.29. The van der Waals surface area contributed by atoms with Crippen molar-refractivity contribution in [2.45, 2.75) is 82.7 Å². The standard InChI is InChI=1S/C41H40ClN7O6/c1-43-34-10-9-30(18-33(34)42)46(2)29-7-5-28(6-8-29)44-38(52)24-3-4-25-21-48(14-13-23(25)15-24)37(51)22-47-19-26-16-31-32(17-27(26)20-47)41(55)49(40(31)54)35-11-12-36(50)45-39(35)53/h3-4,9-10,15-18,28-29,35H,5-8,11-14,19-22H2,2H3,(H,44,52)(H,45,50,53). The number of anilines is 1. The Morgan fingerprint density at radius 1 is 0.873 bits per heavy atom. The van der Waals surface area contributed by atoms with Crippen LogP contribution in [0.4, 0.5) is 11.4 Å². The van der Waals surface area contributed by atoms with Gasteiger partial charge in [-0.3, -0.25) is 43.9 Å². The molecule has 1 saturated heterocycles. The molecule has 6 amide bonds. The summed E-state index contributed by atoms with van der Waals surface area (Å²) < 4.78 is 0. The van der Waals surface area contributed by atoms with E-state index in [1.807, 2.05) is 47.2 Å². The number of halogens is 1. The van der Waals surface area contributed by atoms with E-state index in [1.165, 1.54) is 0 Å². The lowest BCUT2D eigenvalue weighted by Crippen LogP contribution is -2.54. The van der Waals surface area contributed by atoms with Gasteiger partial charge < -0.3 is 15.1 Å². The van der Waals surface area contributed by atoms with Crippen molar-refractivity contribution in [2.24, 2.45) is 0 Å². The quantitative estimate of drug-likeness (QED) is 0.267. The molecule has 1 unspecified atom stereocenters. The van der Waals surface area contributed by atoms with Gasteiger partial charge in [-0.05, 0) is 97.2 Å². The van der Waals surface area contributed by atoms with Crippen LogP contribution in [0.3, 0.4) is 0 Å². The Bertz CT molecular complexity index is 2160. The Hall–Kier alpha value is -5.58. The van der Waals surface area contributed by atoms with Crippen LogP contribution in [0.1, 0.15) is 91.9 Å². The number of carbonyl (C=O) groups is 6. The van der Waals surface area contributed by atoms with Crippen molar-refractivity contribution in [2.75, 3.05) is 25.0 Å². The van der Waals surface area contributed by atoms with Gasteiger partial charge in [-0.25, -0.2) is 4.85 Å². The molecule has 0 aromatic heterocycles. The Morgan fingerprint density at radius 3 is 2.24 bits per heavy atom. The van der Waals surface area contributed by atoms with Crippen molar-refractivity contribution in [3.8, 4) is 0 Å². The van der Waals surface area contributed by atoms with Gasteiger partial charge >= 0.3 is 0 Å². The molecular formula is C41H40ClN7O6. The lowest BCUT2D eigenvalue weighted by atomic mass is 9.89. The van der Waals surface area contributed by atoms with Crippen LogP contribution in [-0.2, 0) is 40.4 Å². The Balaban J connectivity index is 0.824. The summed E-state index contributed by atoms with van der Waals surface area (Å²) in [6, 6.07) is 14.0. The van der Waals surface area contributed by atoms with Crippen molar-refractivity contribution < 1.29 is 28.8 Å². The van der Waals surface area contributed by atoms with Gasteiger partial charge in [0, 0.05) is 68.0 Å². The molecule has 14 heteroatoms. The first-order valence-electron chi connectivity index (χ1n) is 18.7. The highest BCUT2D eigenvalue weighted by Crippen LogP contribution is 2.35. The predicted molar refractivity (Wildman–Crippen MR) is 202 cm³/mol. The predicted octanol–water partition coefficient (Wildman–Crippen LogP) is 4.37. The van der Waals surface area contributed by atoms with E-state index in [1.54, 1.807) is 18.2 Å². The molecule has 4 aliphatic heterocycles. The number of carbonyl (C=O) groups excluding carboxylic acids is 6. The fraction of sp³-hybridized carbons (Fsp3) is 0.390. The van der Waals surface area contributed by atoms with Crippen LogP contribution in [0, 0.1) is 6.57 Å². The van der Waals surface area contributed by atoms with E-state index in [9.17, 15) is 28.8 Å². The van der Waals surface area contributed by atoms with Crippen LogP contribution in [0.25, 0.3) is 4.85 Å². The molecule has 0 radical (unpaired) electrons. The molecule has 2 N–H and O–H groups in total. The number of rotatable bonds is 7. The molecule has 1 saturated carbocycles. The number of benzene rings is 3. The second kappa shape index (κ2) is 14.6. The lowest BCUT2D eigenvalue weighted by molar-refractivity contribution is -0.136. The van der Waals surface area contributed by atoms with Crippen molar-refractivity contribution in [3.05, 3.63) is 104 Å². The van der Waals surface area contributed by atoms with Gasteiger partial charge in [-0.15, -0.1) is 0 Å². The second-order valence-corrected chi connectivity index (χ2v) is 15.6. The van der Waals surface area contributed by atoms with Gasteiger partial charge in [0.2, 0.25) is 23.4 Å². The molecule has 1 aliphatic carbocycles. The highest BCUT2D eigenvalue weighted by Gasteiger charge is 2.45. The van der Waals surface area contributed by atoms with E-state index in [0.29, 0.717) is 54.9 Å². The Morgan fingerprint density at radius 2 is 1.58 bits per heavy atom. The van der Waals surface area contributed by atoms with Crippen molar-refractivity contribution >= 4 is 58.4 Å². The van der Waals surface area contributed by atoms with Gasteiger partial charge in [-0.1, -0.05) is 23.7 Å². The smallest absolute Gasteiger partial charge is 0.262 e. The Labute approximate surface area is 323 Å². The highest BCUT2D eigenvalue weighted by atomic mass is 35.5. The van der Waals surface area contributed by atoms with E-state index in [-0.39, 0.29) is 48.4 Å². The minimum Gasteiger partial charge on any atom is -0.372 e. The monoisotopic (exact) mass is 761 g/mol. The maximum atomic E-state index is 13.5. The number of nitrogens with zero attached hydrogens (tertiary/aromatic N) is 5. The van der Waals surface area contributed by atoms with Crippen molar-refractivity contribution in [1.29, 1.82) is 0 Å². The summed E-state index contributed by atoms with van der Waals surface area (Å²) in [5, 5.41) is 5.90. The minimum atomic E-state index is -1.01. The molecule has 282 valence electrons. The third kappa shape index (κ3) is 6.96. The van der Waals surface area contributed by atoms with Gasteiger partial charge in [0.25, 0.3) is 17.7 Å². The van der Waals surface area contributed by atoms with E-state index in [0.717, 1.165) is 58.5 Å². The summed E-state index contributed by atoms with van der Waals surface area (Å²) in [4.78, 5) is 87.8. The molecule has 3 aromatic rings. The van der Waals surface area contributed by atoms with Crippen LogP contribution in [0.2, 0.25) is 5.02 Å². The number of hydrogen-bond acceptors (Lipinski definition) is 8. The first-order chi connectivity index (χ1) is 26.5. The van der Waals surface area contributed by atoms with E-state index >= 15 is 0 Å². The summed E-state index contributed by atoms with van der Waals surface area (Å²) in [5.74, 6) is -2.26. The van der Waals surface area contributed by atoms with E-state index in [4.69, 9.17) is 18.2 Å². The largest absolute Gasteiger partial charge is 0.372 e. The first kappa shape index (κ1) is 36.4. The van der Waals surface area contributed by atoms with Crippen LogP contribution in [0.5, 0.6) is 0 Å². The van der Waals surface area contributed by atoms with Gasteiger partial charge in [0.1, 0.15) is 6.04 Å². The molecule has 13 nitrogen and oxygen atoms in total. The second-order valence-electron chi connectivity index (χ2n) is 15.1. The number of nitrogens with one attached hydrogen (secondary N) is 2. The van der Waals surface area contributed by atoms with Crippen molar-refractivity contribution in [3.63, 3.8) is 0 Å². The van der Waals surface area contributed by atoms with Crippen molar-refractivity contribution in [1.82, 2.24) is 25.3 Å². The molecule has 5 aliphatic rings. The minimum absolute atomic E-state index is 0.0197. The summed E-state index contributed by atoms with van der Waals surface area (Å²) >= 11 is 6.27. The fourth-order valence-electron chi connectivity index (χ4n) is 8.64. The molecule has 4 heterocycles. The number of imide groups is 2. The molecular weight excluding hydrogens is 722 g/mol. The molecule has 0 bridgehead atoms. The number of amides is 6. The zero-order valence-electron chi connectivity index (χ0n) is 30.4. The third-order valence-electron chi connectivity index (χ3n) is 11.8. The molecule has 2 fully saturated rings. The summed E-state index contributed by atoms with van der Waals surface area (Å²) in [5.41, 5.74) is 6.32. The molecule has 0 spiro atoms. The summed E-state index contributed by atoms with van der Waals surface area (Å²) in [6.07, 6.45) is 4.38. The first-order valence-corrected chi connectivity index (χ1v) is 19.0. The Kier molecular flexibility index (Phi) is 9.65. The van der Waals surface area contributed by atoms with E-state index < -0.39 is 29.7 Å². The molecule has 8 rings (SSSR count). The zero-order chi connectivity index (χ0) is 38.5.